The molecule has 0 aromatic carbocycles. The highest BCUT2D eigenvalue weighted by atomic mass is 16.5. The minimum Gasteiger partial charge on any atom is -0.471 e. The fourth-order valence-corrected chi connectivity index (χ4v) is 3.61. The predicted molar refractivity (Wildman–Crippen MR) is 94.5 cm³/mol. The van der Waals surface area contributed by atoms with Crippen LogP contribution in [0.3, 0.4) is 0 Å². The Labute approximate surface area is 150 Å². The molecule has 6 nitrogen and oxygen atoms in total. The van der Waals surface area contributed by atoms with Crippen molar-refractivity contribution >= 4 is 0 Å². The first-order valence-corrected chi connectivity index (χ1v) is 9.59. The van der Waals surface area contributed by atoms with Crippen molar-refractivity contribution in [3.8, 4) is 17.8 Å². The molecule has 1 saturated carbocycles. The fourth-order valence-electron chi connectivity index (χ4n) is 3.61. The van der Waals surface area contributed by atoms with Crippen molar-refractivity contribution < 1.29 is 9.47 Å². The third kappa shape index (κ3) is 5.57. The van der Waals surface area contributed by atoms with Gasteiger partial charge in [0.05, 0.1) is 6.07 Å². The number of nitriles is 1. The van der Waals surface area contributed by atoms with E-state index in [0.29, 0.717) is 18.2 Å². The molecule has 0 N–H and O–H groups in total. The molecule has 2 fully saturated rings. The predicted octanol–water partition coefficient (Wildman–Crippen LogP) is 3.34. The second-order valence-electron chi connectivity index (χ2n) is 6.97. The Hall–Kier alpha value is -1.87. The van der Waals surface area contributed by atoms with Crippen molar-refractivity contribution in [2.24, 2.45) is 0 Å². The topological polar surface area (TPSA) is 71.3 Å². The number of ether oxygens (including phenoxy) is 2. The lowest BCUT2D eigenvalue weighted by Gasteiger charge is -2.32. The summed E-state index contributed by atoms with van der Waals surface area (Å²) in [7, 11) is 0. The van der Waals surface area contributed by atoms with Gasteiger partial charge in [-0.25, -0.2) is 9.97 Å². The molecule has 1 aliphatic carbocycles. The van der Waals surface area contributed by atoms with E-state index >= 15 is 0 Å². The van der Waals surface area contributed by atoms with Crippen LogP contribution < -0.4 is 9.47 Å². The lowest BCUT2D eigenvalue weighted by atomic mass is 9.98. The van der Waals surface area contributed by atoms with E-state index in [0.717, 1.165) is 51.7 Å². The van der Waals surface area contributed by atoms with Gasteiger partial charge < -0.3 is 14.4 Å². The molecule has 1 saturated heterocycles. The molecule has 25 heavy (non-hydrogen) atoms. The average Bonchev–Trinajstić information content (AvgIpc) is 2.66. The number of likely N-dealkylation sites (tertiary alicyclic amines) is 1. The number of hydrogen-bond acceptors (Lipinski definition) is 6. The number of aromatic nitrogens is 2. The molecule has 0 amide bonds. The summed E-state index contributed by atoms with van der Waals surface area (Å²) in [6.07, 6.45) is 13.2. The van der Waals surface area contributed by atoms with Gasteiger partial charge in [0.1, 0.15) is 12.2 Å². The second kappa shape index (κ2) is 9.57. The Morgan fingerprint density at radius 1 is 0.960 bits per heavy atom. The van der Waals surface area contributed by atoms with E-state index in [1.165, 1.54) is 19.3 Å². The van der Waals surface area contributed by atoms with Gasteiger partial charge >= 0.3 is 0 Å². The molecular weight excluding hydrogens is 316 g/mol. The molecule has 1 aromatic rings. The summed E-state index contributed by atoms with van der Waals surface area (Å²) in [6.45, 7) is 3.02. The van der Waals surface area contributed by atoms with Gasteiger partial charge in [-0.05, 0) is 51.5 Å². The minimum absolute atomic E-state index is 0.164. The van der Waals surface area contributed by atoms with Crippen molar-refractivity contribution in [1.29, 1.82) is 5.26 Å². The smallest absolute Gasteiger partial charge is 0.278 e. The van der Waals surface area contributed by atoms with Gasteiger partial charge in [-0.2, -0.15) is 5.26 Å². The number of hydrogen-bond donors (Lipinski definition) is 0. The second-order valence-corrected chi connectivity index (χ2v) is 6.97. The zero-order valence-corrected chi connectivity index (χ0v) is 14.9. The van der Waals surface area contributed by atoms with Crippen molar-refractivity contribution in [3.05, 3.63) is 12.4 Å². The van der Waals surface area contributed by atoms with Crippen LogP contribution in [0.2, 0.25) is 0 Å². The molecule has 6 heteroatoms. The highest BCUT2D eigenvalue weighted by molar-refractivity contribution is 5.24. The zero-order valence-electron chi connectivity index (χ0n) is 14.9. The van der Waals surface area contributed by atoms with E-state index in [9.17, 15) is 0 Å². The van der Waals surface area contributed by atoms with E-state index in [1.54, 1.807) is 12.4 Å². The Morgan fingerprint density at radius 2 is 1.56 bits per heavy atom. The first-order chi connectivity index (χ1) is 12.3. The lowest BCUT2D eigenvalue weighted by Crippen LogP contribution is -2.38. The monoisotopic (exact) mass is 344 g/mol. The quantitative estimate of drug-likeness (QED) is 0.707. The van der Waals surface area contributed by atoms with Crippen molar-refractivity contribution in [2.45, 2.75) is 70.0 Å². The molecule has 1 aromatic heterocycles. The standard InChI is InChI=1S/C19H28N4O2/c20-10-4-5-13-23-14-8-17(9-15-23)25-19-18(21-11-12-22-19)24-16-6-2-1-3-7-16/h11-12,16-17H,1-9,13-15H2. The number of piperidine rings is 1. The summed E-state index contributed by atoms with van der Waals surface area (Å²) in [6, 6.07) is 2.21. The molecule has 3 rings (SSSR count). The molecular formula is C19H28N4O2. The molecule has 0 radical (unpaired) electrons. The number of nitrogens with zero attached hydrogens (tertiary/aromatic N) is 4. The molecule has 0 bridgehead atoms. The van der Waals surface area contributed by atoms with Gasteiger partial charge in [-0.15, -0.1) is 0 Å². The van der Waals surface area contributed by atoms with Gasteiger partial charge in [-0.3, -0.25) is 0 Å². The highest BCUT2D eigenvalue weighted by Gasteiger charge is 2.24. The summed E-state index contributed by atoms with van der Waals surface area (Å²) in [5.74, 6) is 1.09. The van der Waals surface area contributed by atoms with Crippen LogP contribution >= 0.6 is 0 Å². The van der Waals surface area contributed by atoms with Gasteiger partial charge in [0.2, 0.25) is 0 Å². The SMILES string of the molecule is N#CCCCN1CCC(Oc2nccnc2OC2CCCCC2)CC1. The first kappa shape index (κ1) is 17.9. The van der Waals surface area contributed by atoms with Crippen LogP contribution in [0.25, 0.3) is 0 Å². The fraction of sp³-hybridized carbons (Fsp3) is 0.737. The normalized spacial score (nSPS) is 20.1. The third-order valence-corrected chi connectivity index (χ3v) is 5.04. The van der Waals surface area contributed by atoms with Crippen LogP contribution in [-0.2, 0) is 0 Å². The first-order valence-electron chi connectivity index (χ1n) is 9.59. The third-order valence-electron chi connectivity index (χ3n) is 5.04. The van der Waals surface area contributed by atoms with E-state index in [4.69, 9.17) is 14.7 Å². The number of unbranched alkanes of at least 4 members (excludes halogenated alkanes) is 1. The summed E-state index contributed by atoms with van der Waals surface area (Å²) < 4.78 is 12.2. The van der Waals surface area contributed by atoms with Crippen LogP contribution in [0.15, 0.2) is 12.4 Å². The van der Waals surface area contributed by atoms with Crippen LogP contribution in [-0.4, -0.2) is 46.7 Å². The van der Waals surface area contributed by atoms with Crippen molar-refractivity contribution in [1.82, 2.24) is 14.9 Å². The maximum absolute atomic E-state index is 8.63. The Kier molecular flexibility index (Phi) is 6.87. The van der Waals surface area contributed by atoms with Gasteiger partial charge in [0, 0.05) is 31.9 Å². The summed E-state index contributed by atoms with van der Waals surface area (Å²) in [4.78, 5) is 11.1. The lowest BCUT2D eigenvalue weighted by molar-refractivity contribution is 0.0842. The van der Waals surface area contributed by atoms with Crippen LogP contribution in [0.5, 0.6) is 11.8 Å². The van der Waals surface area contributed by atoms with Gasteiger partial charge in [-0.1, -0.05) is 6.42 Å². The Bertz CT molecular complexity index is 561. The molecule has 136 valence electrons. The molecule has 2 heterocycles. The minimum atomic E-state index is 0.164. The van der Waals surface area contributed by atoms with E-state index in [2.05, 4.69) is 20.9 Å². The van der Waals surface area contributed by atoms with Crippen LogP contribution in [0, 0.1) is 11.3 Å². The van der Waals surface area contributed by atoms with Crippen LogP contribution in [0.1, 0.15) is 57.8 Å². The molecule has 0 unspecified atom stereocenters. The molecule has 0 spiro atoms. The van der Waals surface area contributed by atoms with Crippen molar-refractivity contribution in [2.75, 3.05) is 19.6 Å². The average molecular weight is 344 g/mol. The summed E-state index contributed by atoms with van der Waals surface area (Å²) in [5.41, 5.74) is 0. The maximum atomic E-state index is 8.63. The van der Waals surface area contributed by atoms with E-state index < -0.39 is 0 Å². The molecule has 1 aliphatic heterocycles. The molecule has 2 aliphatic rings. The van der Waals surface area contributed by atoms with Crippen molar-refractivity contribution in [3.63, 3.8) is 0 Å². The summed E-state index contributed by atoms with van der Waals surface area (Å²) >= 11 is 0. The Morgan fingerprint density at radius 3 is 2.16 bits per heavy atom. The van der Waals surface area contributed by atoms with E-state index in [1.807, 2.05) is 0 Å². The Balaban J connectivity index is 1.49. The largest absolute Gasteiger partial charge is 0.471 e. The summed E-state index contributed by atoms with van der Waals surface area (Å²) in [5, 5.41) is 8.63. The van der Waals surface area contributed by atoms with Gasteiger partial charge in [0.25, 0.3) is 11.8 Å². The highest BCUT2D eigenvalue weighted by Crippen LogP contribution is 2.29. The zero-order chi connectivity index (χ0) is 17.3. The van der Waals surface area contributed by atoms with E-state index in [-0.39, 0.29) is 12.2 Å². The molecule has 0 atom stereocenters. The maximum Gasteiger partial charge on any atom is 0.278 e. The van der Waals surface area contributed by atoms with Crippen LogP contribution in [0.4, 0.5) is 0 Å². The number of rotatable bonds is 7. The van der Waals surface area contributed by atoms with Gasteiger partial charge in [0.15, 0.2) is 0 Å².